The number of hydrogen-bond donors (Lipinski definition) is 1. The van der Waals surface area contributed by atoms with E-state index in [0.29, 0.717) is 22.6 Å². The first-order chi connectivity index (χ1) is 12.1. The number of para-hydroxylation sites is 1. The highest BCUT2D eigenvalue weighted by molar-refractivity contribution is 6.02. The second-order valence-electron chi connectivity index (χ2n) is 5.20. The molecule has 0 saturated carbocycles. The summed E-state index contributed by atoms with van der Waals surface area (Å²) in [5.74, 6) is -0.0943. The molecule has 0 unspecified atom stereocenters. The van der Waals surface area contributed by atoms with Crippen molar-refractivity contribution < 1.29 is 18.7 Å². The number of nitrogens with one attached hydrogen (secondary N) is 1. The van der Waals surface area contributed by atoms with Crippen LogP contribution in [0.2, 0.25) is 0 Å². The number of rotatable bonds is 5. The molecule has 7 nitrogen and oxygen atoms in total. The Hall–Kier alpha value is -3.48. The molecule has 1 amide bonds. The van der Waals surface area contributed by atoms with E-state index >= 15 is 0 Å². The number of carbonyl (C=O) groups is 2. The lowest BCUT2D eigenvalue weighted by Gasteiger charge is -2.04. The number of nitrogens with zero attached hydrogens (tertiary/aromatic N) is 2. The monoisotopic (exact) mass is 337 g/mol. The predicted molar refractivity (Wildman–Crippen MR) is 90.7 cm³/mol. The van der Waals surface area contributed by atoms with Crippen molar-refractivity contribution in [1.29, 1.82) is 0 Å². The van der Waals surface area contributed by atoms with Gasteiger partial charge in [0.1, 0.15) is 5.75 Å². The molecule has 25 heavy (non-hydrogen) atoms. The van der Waals surface area contributed by atoms with Gasteiger partial charge in [-0.15, -0.1) is 10.2 Å². The highest BCUT2D eigenvalue weighted by atomic mass is 16.5. The zero-order valence-corrected chi connectivity index (χ0v) is 13.6. The lowest BCUT2D eigenvalue weighted by molar-refractivity contribution is 0.0987. The predicted octanol–water partition coefficient (Wildman–Crippen LogP) is 3.20. The summed E-state index contributed by atoms with van der Waals surface area (Å²) < 4.78 is 10.7. The fourth-order valence-electron chi connectivity index (χ4n) is 2.25. The topological polar surface area (TPSA) is 94.3 Å². The van der Waals surface area contributed by atoms with Gasteiger partial charge < -0.3 is 14.5 Å². The van der Waals surface area contributed by atoms with E-state index in [1.165, 1.54) is 14.0 Å². The van der Waals surface area contributed by atoms with Crippen molar-refractivity contribution in [2.24, 2.45) is 0 Å². The Balaban J connectivity index is 1.81. The van der Waals surface area contributed by atoms with E-state index in [9.17, 15) is 9.59 Å². The van der Waals surface area contributed by atoms with Crippen molar-refractivity contribution in [1.82, 2.24) is 10.2 Å². The summed E-state index contributed by atoms with van der Waals surface area (Å²) in [6.45, 7) is 1.46. The third-order valence-electron chi connectivity index (χ3n) is 3.48. The molecular weight excluding hydrogens is 322 g/mol. The normalized spacial score (nSPS) is 10.3. The van der Waals surface area contributed by atoms with Gasteiger partial charge in [-0.3, -0.25) is 9.59 Å². The Bertz CT molecular complexity index is 933. The third kappa shape index (κ3) is 3.55. The molecule has 126 valence electrons. The number of ether oxygens (including phenoxy) is 1. The molecule has 0 saturated heterocycles. The Morgan fingerprint density at radius 3 is 2.64 bits per heavy atom. The molecule has 1 heterocycles. The molecule has 0 bridgehead atoms. The van der Waals surface area contributed by atoms with Gasteiger partial charge in [-0.05, 0) is 31.2 Å². The van der Waals surface area contributed by atoms with E-state index in [-0.39, 0.29) is 17.6 Å². The van der Waals surface area contributed by atoms with Crippen LogP contribution in [0.5, 0.6) is 5.75 Å². The van der Waals surface area contributed by atoms with Gasteiger partial charge >= 0.3 is 11.8 Å². The summed E-state index contributed by atoms with van der Waals surface area (Å²) >= 11 is 0. The molecule has 3 aromatic rings. The molecule has 0 fully saturated rings. The van der Waals surface area contributed by atoms with Crippen molar-refractivity contribution in [3.63, 3.8) is 0 Å². The van der Waals surface area contributed by atoms with E-state index in [4.69, 9.17) is 9.15 Å². The van der Waals surface area contributed by atoms with Crippen LogP contribution in [0.3, 0.4) is 0 Å². The molecule has 0 spiro atoms. The quantitative estimate of drug-likeness (QED) is 0.719. The lowest BCUT2D eigenvalue weighted by Crippen LogP contribution is -2.12. The molecular formula is C18H15N3O4. The molecule has 0 aliphatic heterocycles. The summed E-state index contributed by atoms with van der Waals surface area (Å²) in [6, 6.07) is 13.7. The number of aromatic nitrogens is 2. The van der Waals surface area contributed by atoms with Crippen molar-refractivity contribution >= 4 is 17.4 Å². The van der Waals surface area contributed by atoms with Gasteiger partial charge in [-0.1, -0.05) is 24.3 Å². The number of anilines is 1. The van der Waals surface area contributed by atoms with Crippen molar-refractivity contribution in [2.45, 2.75) is 6.92 Å². The minimum Gasteiger partial charge on any atom is -0.496 e. The first-order valence-corrected chi connectivity index (χ1v) is 7.47. The van der Waals surface area contributed by atoms with E-state index < -0.39 is 5.91 Å². The summed E-state index contributed by atoms with van der Waals surface area (Å²) in [5.41, 5.74) is 1.56. The first-order valence-electron chi connectivity index (χ1n) is 7.47. The maximum absolute atomic E-state index is 12.3. The number of methoxy groups -OCH3 is 1. The van der Waals surface area contributed by atoms with Crippen molar-refractivity contribution in [3.05, 3.63) is 60.0 Å². The van der Waals surface area contributed by atoms with Crippen LogP contribution in [0.25, 0.3) is 11.5 Å². The van der Waals surface area contributed by atoms with Crippen LogP contribution in [0.15, 0.2) is 52.9 Å². The molecule has 1 aromatic heterocycles. The standard InChI is InChI=1S/C18H15N3O4/c1-11(22)12-6-5-7-13(10-12)19-16(23)18-21-20-17(25-18)14-8-3-4-9-15(14)24-2/h3-10H,1-2H3,(H,19,23). The van der Waals surface area contributed by atoms with Gasteiger partial charge in [0.25, 0.3) is 5.89 Å². The van der Waals surface area contributed by atoms with E-state index in [2.05, 4.69) is 15.5 Å². The number of amides is 1. The van der Waals surface area contributed by atoms with Crippen LogP contribution in [0.4, 0.5) is 5.69 Å². The Morgan fingerprint density at radius 2 is 1.88 bits per heavy atom. The Morgan fingerprint density at radius 1 is 1.08 bits per heavy atom. The smallest absolute Gasteiger partial charge is 0.313 e. The van der Waals surface area contributed by atoms with Gasteiger partial charge in [0.05, 0.1) is 12.7 Å². The summed E-state index contributed by atoms with van der Waals surface area (Å²) in [6.07, 6.45) is 0. The molecule has 0 atom stereocenters. The zero-order valence-electron chi connectivity index (χ0n) is 13.6. The highest BCUT2D eigenvalue weighted by Gasteiger charge is 2.18. The number of Topliss-reactive ketones (excluding diaryl/α,β-unsaturated/α-hetero) is 1. The van der Waals surface area contributed by atoms with E-state index in [1.54, 1.807) is 42.5 Å². The second kappa shape index (κ2) is 6.96. The zero-order chi connectivity index (χ0) is 17.8. The van der Waals surface area contributed by atoms with Crippen LogP contribution in [0, 0.1) is 0 Å². The average molecular weight is 337 g/mol. The second-order valence-corrected chi connectivity index (χ2v) is 5.20. The van der Waals surface area contributed by atoms with E-state index in [0.717, 1.165) is 0 Å². The van der Waals surface area contributed by atoms with Gasteiger partial charge in [-0.25, -0.2) is 0 Å². The van der Waals surface area contributed by atoms with Crippen LogP contribution in [-0.2, 0) is 0 Å². The number of carbonyl (C=O) groups excluding carboxylic acids is 2. The summed E-state index contributed by atoms with van der Waals surface area (Å²) in [5, 5.41) is 10.3. The minimum absolute atomic E-state index is 0.0904. The number of hydrogen-bond acceptors (Lipinski definition) is 6. The van der Waals surface area contributed by atoms with Gasteiger partial charge in [-0.2, -0.15) is 0 Å². The van der Waals surface area contributed by atoms with Crippen LogP contribution in [0.1, 0.15) is 28.0 Å². The third-order valence-corrected chi connectivity index (χ3v) is 3.48. The largest absolute Gasteiger partial charge is 0.496 e. The maximum Gasteiger partial charge on any atom is 0.313 e. The number of ketones is 1. The van der Waals surface area contributed by atoms with Crippen LogP contribution < -0.4 is 10.1 Å². The Labute approximate surface area is 143 Å². The molecule has 1 N–H and O–H groups in total. The number of benzene rings is 2. The van der Waals surface area contributed by atoms with Crippen molar-refractivity contribution in [3.8, 4) is 17.2 Å². The first kappa shape index (κ1) is 16.4. The van der Waals surface area contributed by atoms with E-state index in [1.807, 2.05) is 6.07 Å². The van der Waals surface area contributed by atoms with Gasteiger partial charge in [0.2, 0.25) is 0 Å². The molecule has 0 aliphatic rings. The summed E-state index contributed by atoms with van der Waals surface area (Å²) in [7, 11) is 1.53. The SMILES string of the molecule is COc1ccccc1-c1nnc(C(=O)Nc2cccc(C(C)=O)c2)o1. The molecule has 7 heteroatoms. The maximum atomic E-state index is 12.3. The van der Waals surface area contributed by atoms with Crippen LogP contribution >= 0.6 is 0 Å². The molecule has 3 rings (SSSR count). The van der Waals surface area contributed by atoms with Gasteiger partial charge in [0.15, 0.2) is 5.78 Å². The fourth-order valence-corrected chi connectivity index (χ4v) is 2.25. The highest BCUT2D eigenvalue weighted by Crippen LogP contribution is 2.28. The van der Waals surface area contributed by atoms with Crippen molar-refractivity contribution in [2.75, 3.05) is 12.4 Å². The fraction of sp³-hybridized carbons (Fsp3) is 0.111. The summed E-state index contributed by atoms with van der Waals surface area (Å²) in [4.78, 5) is 23.7. The molecule has 0 aliphatic carbocycles. The minimum atomic E-state index is -0.561. The van der Waals surface area contributed by atoms with Gasteiger partial charge in [0, 0.05) is 11.3 Å². The lowest BCUT2D eigenvalue weighted by atomic mass is 10.1. The molecule has 0 radical (unpaired) electrons. The Kier molecular flexibility index (Phi) is 4.56. The molecule has 2 aromatic carbocycles. The average Bonchev–Trinajstić information content (AvgIpc) is 3.12. The van der Waals surface area contributed by atoms with Crippen LogP contribution in [-0.4, -0.2) is 29.0 Å².